The van der Waals surface area contributed by atoms with Crippen LogP contribution >= 0.6 is 31.9 Å². The summed E-state index contributed by atoms with van der Waals surface area (Å²) in [7, 11) is 0. The Bertz CT molecular complexity index is 395. The van der Waals surface area contributed by atoms with Gasteiger partial charge in [-0.1, -0.05) is 38.8 Å². The zero-order valence-corrected chi connectivity index (χ0v) is 13.1. The minimum absolute atomic E-state index is 0.291. The summed E-state index contributed by atoms with van der Waals surface area (Å²) in [5, 5.41) is 3.56. The quantitative estimate of drug-likeness (QED) is 0.882. The van der Waals surface area contributed by atoms with Crippen molar-refractivity contribution >= 4 is 31.9 Å². The van der Waals surface area contributed by atoms with Crippen molar-refractivity contribution in [3.8, 4) is 0 Å². The number of nitrogens with one attached hydrogen (secondary N) is 1. The van der Waals surface area contributed by atoms with Crippen molar-refractivity contribution in [3.63, 3.8) is 0 Å². The number of ether oxygens (including phenoxy) is 1. The number of fused-ring (bicyclic) bond motifs is 1. The maximum Gasteiger partial charge on any atom is 0.0662 e. The Morgan fingerprint density at radius 3 is 2.88 bits per heavy atom. The molecule has 0 spiro atoms. The SMILES string of the molecule is CCCNC1COCCc2c(Br)ccc(Br)c21. The van der Waals surface area contributed by atoms with E-state index in [2.05, 4.69) is 56.2 Å². The molecule has 2 nitrogen and oxygen atoms in total. The van der Waals surface area contributed by atoms with E-state index in [4.69, 9.17) is 4.74 Å². The molecule has 94 valence electrons. The predicted molar refractivity (Wildman–Crippen MR) is 77.4 cm³/mol. The normalized spacial score (nSPS) is 19.8. The maximum atomic E-state index is 5.69. The molecule has 1 atom stereocenters. The van der Waals surface area contributed by atoms with Gasteiger partial charge in [0, 0.05) is 8.95 Å². The van der Waals surface area contributed by atoms with Gasteiger partial charge in [-0.25, -0.2) is 0 Å². The van der Waals surface area contributed by atoms with Gasteiger partial charge in [0.05, 0.1) is 19.3 Å². The van der Waals surface area contributed by atoms with E-state index < -0.39 is 0 Å². The summed E-state index contributed by atoms with van der Waals surface area (Å²) >= 11 is 7.31. The molecule has 0 fully saturated rings. The van der Waals surface area contributed by atoms with E-state index >= 15 is 0 Å². The number of benzene rings is 1. The molecule has 0 bridgehead atoms. The second-order valence-corrected chi connectivity index (χ2v) is 5.96. The van der Waals surface area contributed by atoms with E-state index in [9.17, 15) is 0 Å². The average Bonchev–Trinajstić information content (AvgIpc) is 2.54. The van der Waals surface area contributed by atoms with Crippen molar-refractivity contribution in [1.29, 1.82) is 0 Å². The first-order valence-corrected chi connectivity index (χ1v) is 7.60. The molecule has 0 aromatic heterocycles. The van der Waals surface area contributed by atoms with Crippen LogP contribution < -0.4 is 5.32 Å². The Kier molecular flexibility index (Phi) is 5.03. The first-order chi connectivity index (χ1) is 8.24. The molecule has 17 heavy (non-hydrogen) atoms. The first-order valence-electron chi connectivity index (χ1n) is 6.02. The number of halogens is 2. The van der Waals surface area contributed by atoms with Crippen molar-refractivity contribution in [2.24, 2.45) is 0 Å². The van der Waals surface area contributed by atoms with Crippen LogP contribution in [0, 0.1) is 0 Å². The number of rotatable bonds is 3. The molecule has 0 saturated heterocycles. The predicted octanol–water partition coefficient (Wildman–Crippen LogP) is 3.83. The van der Waals surface area contributed by atoms with Crippen LogP contribution in [0.5, 0.6) is 0 Å². The molecule has 1 N–H and O–H groups in total. The lowest BCUT2D eigenvalue weighted by Crippen LogP contribution is -2.26. The van der Waals surface area contributed by atoms with Crippen LogP contribution in [-0.4, -0.2) is 19.8 Å². The molecule has 1 unspecified atom stereocenters. The van der Waals surface area contributed by atoms with Gasteiger partial charge in [-0.15, -0.1) is 0 Å². The summed E-state index contributed by atoms with van der Waals surface area (Å²) in [5.41, 5.74) is 2.72. The maximum absolute atomic E-state index is 5.69. The molecule has 1 aliphatic rings. The summed E-state index contributed by atoms with van der Waals surface area (Å²) in [6, 6.07) is 4.50. The summed E-state index contributed by atoms with van der Waals surface area (Å²) < 4.78 is 8.05. The molecule has 0 aliphatic carbocycles. The van der Waals surface area contributed by atoms with Crippen LogP contribution in [0.1, 0.15) is 30.5 Å². The highest BCUT2D eigenvalue weighted by Gasteiger charge is 2.22. The molecule has 0 radical (unpaired) electrons. The lowest BCUT2D eigenvalue weighted by Gasteiger charge is -2.20. The van der Waals surface area contributed by atoms with Crippen molar-refractivity contribution < 1.29 is 4.74 Å². The highest BCUT2D eigenvalue weighted by atomic mass is 79.9. The summed E-state index contributed by atoms with van der Waals surface area (Å²) in [6.07, 6.45) is 2.11. The Labute approximate surface area is 119 Å². The van der Waals surface area contributed by atoms with Gasteiger partial charge >= 0.3 is 0 Å². The largest absolute Gasteiger partial charge is 0.379 e. The van der Waals surface area contributed by atoms with Crippen molar-refractivity contribution in [2.75, 3.05) is 19.8 Å². The summed E-state index contributed by atoms with van der Waals surface area (Å²) in [4.78, 5) is 0. The molecule has 4 heteroatoms. The smallest absolute Gasteiger partial charge is 0.0662 e. The van der Waals surface area contributed by atoms with Gasteiger partial charge < -0.3 is 10.1 Å². The van der Waals surface area contributed by atoms with E-state index in [1.54, 1.807) is 0 Å². The van der Waals surface area contributed by atoms with Crippen LogP contribution in [0.3, 0.4) is 0 Å². The van der Waals surface area contributed by atoms with E-state index in [0.717, 1.165) is 32.6 Å². The van der Waals surface area contributed by atoms with Crippen molar-refractivity contribution in [3.05, 3.63) is 32.2 Å². The fraction of sp³-hybridized carbons (Fsp3) is 0.538. The van der Waals surface area contributed by atoms with Crippen LogP contribution in [0.4, 0.5) is 0 Å². The van der Waals surface area contributed by atoms with Gasteiger partial charge in [-0.3, -0.25) is 0 Å². The second-order valence-electron chi connectivity index (χ2n) is 4.25. The average molecular weight is 363 g/mol. The molecule has 1 aliphatic heterocycles. The van der Waals surface area contributed by atoms with Gasteiger partial charge in [0.15, 0.2) is 0 Å². The second kappa shape index (κ2) is 6.32. The highest BCUT2D eigenvalue weighted by Crippen LogP contribution is 2.34. The third kappa shape index (κ3) is 3.11. The fourth-order valence-electron chi connectivity index (χ4n) is 2.18. The molecule has 1 heterocycles. The molecule has 2 rings (SSSR count). The van der Waals surface area contributed by atoms with Gasteiger partial charge in [-0.05, 0) is 42.6 Å². The van der Waals surface area contributed by atoms with E-state index in [1.165, 1.54) is 20.1 Å². The van der Waals surface area contributed by atoms with Crippen LogP contribution in [0.2, 0.25) is 0 Å². The van der Waals surface area contributed by atoms with E-state index in [0.29, 0.717) is 6.04 Å². The molecule has 0 amide bonds. The standard InChI is InChI=1S/C13H17Br2NO/c1-2-6-16-12-8-17-7-5-9-10(14)3-4-11(15)13(9)12/h3-4,12,16H,2,5-8H2,1H3. The van der Waals surface area contributed by atoms with E-state index in [1.807, 2.05) is 0 Å². The summed E-state index contributed by atoms with van der Waals surface area (Å²) in [6.45, 7) is 4.75. The minimum atomic E-state index is 0.291. The number of hydrogen-bond acceptors (Lipinski definition) is 2. The first kappa shape index (κ1) is 13.5. The lowest BCUT2D eigenvalue weighted by molar-refractivity contribution is 0.121. The summed E-state index contributed by atoms with van der Waals surface area (Å²) in [5.74, 6) is 0. The molecule has 0 saturated carbocycles. The molecule has 1 aromatic rings. The Morgan fingerprint density at radius 2 is 2.12 bits per heavy atom. The Hall–Kier alpha value is 0.1000. The zero-order valence-electron chi connectivity index (χ0n) is 9.93. The van der Waals surface area contributed by atoms with Gasteiger partial charge in [0.1, 0.15) is 0 Å². The Balaban J connectivity index is 2.36. The minimum Gasteiger partial charge on any atom is -0.379 e. The third-order valence-corrected chi connectivity index (χ3v) is 4.45. The fourth-order valence-corrected chi connectivity index (χ4v) is 3.37. The van der Waals surface area contributed by atoms with Crippen molar-refractivity contribution in [1.82, 2.24) is 5.32 Å². The Morgan fingerprint density at radius 1 is 1.35 bits per heavy atom. The topological polar surface area (TPSA) is 21.3 Å². The van der Waals surface area contributed by atoms with Gasteiger partial charge in [-0.2, -0.15) is 0 Å². The molecular formula is C13H17Br2NO. The lowest BCUT2D eigenvalue weighted by atomic mass is 9.99. The number of hydrogen-bond donors (Lipinski definition) is 1. The van der Waals surface area contributed by atoms with Crippen LogP contribution in [0.15, 0.2) is 21.1 Å². The monoisotopic (exact) mass is 361 g/mol. The van der Waals surface area contributed by atoms with Gasteiger partial charge in [0.25, 0.3) is 0 Å². The zero-order chi connectivity index (χ0) is 12.3. The van der Waals surface area contributed by atoms with E-state index in [-0.39, 0.29) is 0 Å². The van der Waals surface area contributed by atoms with Crippen molar-refractivity contribution in [2.45, 2.75) is 25.8 Å². The van der Waals surface area contributed by atoms with Crippen LogP contribution in [-0.2, 0) is 11.2 Å². The molecular weight excluding hydrogens is 346 g/mol. The van der Waals surface area contributed by atoms with Crippen LogP contribution in [0.25, 0.3) is 0 Å². The third-order valence-electron chi connectivity index (χ3n) is 3.02. The highest BCUT2D eigenvalue weighted by molar-refractivity contribution is 9.11. The molecule has 1 aromatic carbocycles. The van der Waals surface area contributed by atoms with Gasteiger partial charge in [0.2, 0.25) is 0 Å².